The topological polar surface area (TPSA) is 35.2 Å². The molecule has 0 fully saturated rings. The minimum Gasteiger partial charge on any atom is -0.496 e. The molecule has 1 atom stereocenters. The lowest BCUT2D eigenvalue weighted by molar-refractivity contribution is 0.408. The minimum atomic E-state index is -0.217. The van der Waals surface area contributed by atoms with Crippen molar-refractivity contribution in [1.29, 1.82) is 0 Å². The highest BCUT2D eigenvalue weighted by Gasteiger charge is 2.13. The third-order valence-corrected chi connectivity index (χ3v) is 4.74. The van der Waals surface area contributed by atoms with E-state index in [1.165, 1.54) is 6.07 Å². The van der Waals surface area contributed by atoms with Gasteiger partial charge >= 0.3 is 0 Å². The van der Waals surface area contributed by atoms with Crippen molar-refractivity contribution < 1.29 is 9.13 Å². The largest absolute Gasteiger partial charge is 0.496 e. The molecule has 1 heterocycles. The Hall–Kier alpha value is -1.91. The quantitative estimate of drug-likeness (QED) is 0.780. The second kappa shape index (κ2) is 5.84. The molecule has 2 aromatic carbocycles. The highest BCUT2D eigenvalue weighted by molar-refractivity contribution is 7.19. The lowest BCUT2D eigenvalue weighted by Crippen LogP contribution is -2.12. The Morgan fingerprint density at radius 3 is 2.81 bits per heavy atom. The zero-order valence-electron chi connectivity index (χ0n) is 11.7. The third kappa shape index (κ3) is 2.91. The molecule has 2 N–H and O–H groups in total. The monoisotopic (exact) mass is 301 g/mol. The van der Waals surface area contributed by atoms with Gasteiger partial charge in [-0.15, -0.1) is 11.3 Å². The number of fused-ring (bicyclic) bond motifs is 1. The number of hydrogen-bond acceptors (Lipinski definition) is 3. The summed E-state index contributed by atoms with van der Waals surface area (Å²) in [6.45, 7) is 0. The number of methoxy groups -OCH3 is 1. The van der Waals surface area contributed by atoms with Gasteiger partial charge in [0, 0.05) is 15.6 Å². The number of rotatable bonds is 4. The van der Waals surface area contributed by atoms with E-state index in [0.717, 1.165) is 26.3 Å². The first-order valence-corrected chi connectivity index (χ1v) is 7.55. The van der Waals surface area contributed by atoms with Crippen LogP contribution >= 0.6 is 11.3 Å². The molecule has 0 aliphatic carbocycles. The van der Waals surface area contributed by atoms with Gasteiger partial charge in [0.1, 0.15) is 11.6 Å². The molecule has 0 aliphatic heterocycles. The van der Waals surface area contributed by atoms with Gasteiger partial charge in [-0.1, -0.05) is 18.2 Å². The predicted octanol–water partition coefficient (Wildman–Crippen LogP) is 4.29. The number of thiophene rings is 1. The van der Waals surface area contributed by atoms with Crippen molar-refractivity contribution in [3.63, 3.8) is 0 Å². The average Bonchev–Trinajstić information content (AvgIpc) is 2.91. The van der Waals surface area contributed by atoms with E-state index >= 15 is 0 Å². The lowest BCUT2D eigenvalue weighted by Gasteiger charge is -2.12. The van der Waals surface area contributed by atoms with Crippen LogP contribution in [-0.4, -0.2) is 7.11 Å². The molecule has 21 heavy (non-hydrogen) atoms. The minimum absolute atomic E-state index is 0.123. The predicted molar refractivity (Wildman–Crippen MR) is 85.4 cm³/mol. The molecule has 3 rings (SSSR count). The molecule has 108 valence electrons. The van der Waals surface area contributed by atoms with Crippen molar-refractivity contribution in [3.8, 4) is 5.75 Å². The van der Waals surface area contributed by atoms with Gasteiger partial charge in [0.25, 0.3) is 0 Å². The molecule has 0 bridgehead atoms. The molecule has 0 amide bonds. The van der Waals surface area contributed by atoms with Gasteiger partial charge in [-0.05, 0) is 47.7 Å². The first-order valence-electron chi connectivity index (χ1n) is 6.74. The zero-order valence-corrected chi connectivity index (χ0v) is 12.5. The number of para-hydroxylation sites is 1. The molecule has 2 nitrogen and oxygen atoms in total. The number of benzene rings is 2. The molecule has 0 spiro atoms. The highest BCUT2D eigenvalue weighted by Crippen LogP contribution is 2.32. The molecule has 4 heteroatoms. The summed E-state index contributed by atoms with van der Waals surface area (Å²) >= 11 is 1.61. The van der Waals surface area contributed by atoms with E-state index in [4.69, 9.17) is 10.5 Å². The summed E-state index contributed by atoms with van der Waals surface area (Å²) in [6, 6.07) is 14.5. The Morgan fingerprint density at radius 2 is 2.00 bits per heavy atom. The average molecular weight is 301 g/mol. The van der Waals surface area contributed by atoms with Gasteiger partial charge in [-0.3, -0.25) is 0 Å². The standard InChI is InChI=1S/C17H16FNOS/c1-20-15-5-3-2-4-11(15)9-14(19)17-10-12-8-13(18)6-7-16(12)21-17/h2-8,10,14H,9,19H2,1H3. The van der Waals surface area contributed by atoms with Crippen molar-refractivity contribution in [2.75, 3.05) is 7.11 Å². The van der Waals surface area contributed by atoms with Crippen molar-refractivity contribution >= 4 is 21.4 Å². The molecule has 3 aromatic rings. The number of ether oxygens (including phenoxy) is 1. The lowest BCUT2D eigenvalue weighted by atomic mass is 10.0. The molecule has 0 radical (unpaired) electrons. The molecular formula is C17H16FNOS. The van der Waals surface area contributed by atoms with Crippen LogP contribution in [0.5, 0.6) is 5.75 Å². The Morgan fingerprint density at radius 1 is 1.19 bits per heavy atom. The van der Waals surface area contributed by atoms with Crippen LogP contribution in [-0.2, 0) is 6.42 Å². The Kier molecular flexibility index (Phi) is 3.90. The number of nitrogens with two attached hydrogens (primary N) is 1. The Labute approximate surface area is 127 Å². The van der Waals surface area contributed by atoms with Crippen molar-refractivity contribution in [3.05, 3.63) is 64.8 Å². The van der Waals surface area contributed by atoms with Crippen LogP contribution in [0.3, 0.4) is 0 Å². The van der Waals surface area contributed by atoms with E-state index in [1.807, 2.05) is 30.3 Å². The van der Waals surface area contributed by atoms with Crippen LogP contribution in [0.2, 0.25) is 0 Å². The van der Waals surface area contributed by atoms with Gasteiger partial charge in [-0.2, -0.15) is 0 Å². The van der Waals surface area contributed by atoms with E-state index in [2.05, 4.69) is 0 Å². The normalized spacial score (nSPS) is 12.5. The molecular weight excluding hydrogens is 285 g/mol. The van der Waals surface area contributed by atoms with Crippen LogP contribution in [0.1, 0.15) is 16.5 Å². The van der Waals surface area contributed by atoms with Crippen molar-refractivity contribution in [2.24, 2.45) is 5.73 Å². The van der Waals surface area contributed by atoms with E-state index in [-0.39, 0.29) is 11.9 Å². The van der Waals surface area contributed by atoms with Crippen LogP contribution in [0.4, 0.5) is 4.39 Å². The van der Waals surface area contributed by atoms with E-state index in [9.17, 15) is 4.39 Å². The van der Waals surface area contributed by atoms with E-state index in [0.29, 0.717) is 6.42 Å². The van der Waals surface area contributed by atoms with Gasteiger partial charge in [0.15, 0.2) is 0 Å². The maximum absolute atomic E-state index is 13.2. The van der Waals surface area contributed by atoms with Gasteiger partial charge in [0.2, 0.25) is 0 Å². The summed E-state index contributed by atoms with van der Waals surface area (Å²) in [7, 11) is 1.66. The van der Waals surface area contributed by atoms with E-state index in [1.54, 1.807) is 30.6 Å². The fraction of sp³-hybridized carbons (Fsp3) is 0.176. The smallest absolute Gasteiger partial charge is 0.123 e. The molecule has 1 aromatic heterocycles. The summed E-state index contributed by atoms with van der Waals surface area (Å²) in [6.07, 6.45) is 0.694. The summed E-state index contributed by atoms with van der Waals surface area (Å²) in [5, 5.41) is 0.908. The maximum Gasteiger partial charge on any atom is 0.123 e. The van der Waals surface area contributed by atoms with Gasteiger partial charge < -0.3 is 10.5 Å². The summed E-state index contributed by atoms with van der Waals surface area (Å²) in [5.41, 5.74) is 7.39. The van der Waals surface area contributed by atoms with Gasteiger partial charge in [0.05, 0.1) is 7.11 Å². The number of hydrogen-bond donors (Lipinski definition) is 1. The van der Waals surface area contributed by atoms with Gasteiger partial charge in [-0.25, -0.2) is 4.39 Å². The summed E-state index contributed by atoms with van der Waals surface area (Å²) < 4.78 is 19.7. The van der Waals surface area contributed by atoms with Crippen molar-refractivity contribution in [2.45, 2.75) is 12.5 Å². The van der Waals surface area contributed by atoms with Crippen LogP contribution in [0.25, 0.3) is 10.1 Å². The molecule has 1 unspecified atom stereocenters. The second-order valence-corrected chi connectivity index (χ2v) is 6.07. The zero-order chi connectivity index (χ0) is 14.8. The summed E-state index contributed by atoms with van der Waals surface area (Å²) in [5.74, 6) is 0.630. The summed E-state index contributed by atoms with van der Waals surface area (Å²) in [4.78, 5) is 1.06. The number of halogens is 1. The molecule has 0 saturated heterocycles. The Balaban J connectivity index is 1.88. The fourth-order valence-electron chi connectivity index (χ4n) is 2.43. The first-order chi connectivity index (χ1) is 10.2. The van der Waals surface area contributed by atoms with Crippen molar-refractivity contribution in [1.82, 2.24) is 0 Å². The van der Waals surface area contributed by atoms with E-state index < -0.39 is 0 Å². The first kappa shape index (κ1) is 14.0. The second-order valence-electron chi connectivity index (χ2n) is 4.95. The highest BCUT2D eigenvalue weighted by atomic mass is 32.1. The third-order valence-electron chi connectivity index (χ3n) is 3.50. The SMILES string of the molecule is COc1ccccc1CC(N)c1cc2cc(F)ccc2s1. The van der Waals surface area contributed by atoms with Crippen LogP contribution < -0.4 is 10.5 Å². The molecule has 0 aliphatic rings. The molecule has 0 saturated carbocycles. The van der Waals surface area contributed by atoms with Crippen LogP contribution in [0.15, 0.2) is 48.5 Å². The maximum atomic E-state index is 13.2. The fourth-order valence-corrected chi connectivity index (χ4v) is 3.47. The Bertz CT molecular complexity index is 768. The van der Waals surface area contributed by atoms with Crippen LogP contribution in [0, 0.1) is 5.82 Å².